The first kappa shape index (κ1) is 29.1. The predicted molar refractivity (Wildman–Crippen MR) is 160 cm³/mol. The first-order valence-corrected chi connectivity index (χ1v) is 14.4. The number of hydrogen-bond donors (Lipinski definition) is 2. The third kappa shape index (κ3) is 7.00. The molecule has 2 heterocycles. The molecule has 0 aliphatic carbocycles. The highest BCUT2D eigenvalue weighted by Gasteiger charge is 2.37. The van der Waals surface area contributed by atoms with Gasteiger partial charge in [-0.05, 0) is 65.8 Å². The number of imidazole rings is 1. The summed E-state index contributed by atoms with van der Waals surface area (Å²) in [6.07, 6.45) is 7.06. The van der Waals surface area contributed by atoms with E-state index in [1.807, 2.05) is 24.9 Å². The van der Waals surface area contributed by atoms with Crippen molar-refractivity contribution in [2.45, 2.75) is 71.4 Å². The number of alkyl carbamates (subject to hydrolysis) is 1. The van der Waals surface area contributed by atoms with Gasteiger partial charge in [0.05, 0.1) is 25.0 Å². The first-order chi connectivity index (χ1) is 19.3. The van der Waals surface area contributed by atoms with E-state index in [2.05, 4.69) is 77.3 Å². The number of methoxy groups -OCH3 is 1. The minimum absolute atomic E-state index is 0.0676. The van der Waals surface area contributed by atoms with Crippen molar-refractivity contribution in [3.63, 3.8) is 0 Å². The molecule has 0 spiro atoms. The van der Waals surface area contributed by atoms with Gasteiger partial charge in [-0.1, -0.05) is 82.3 Å². The van der Waals surface area contributed by atoms with Crippen molar-refractivity contribution in [2.75, 3.05) is 13.7 Å². The Labute approximate surface area is 238 Å². The lowest BCUT2D eigenvalue weighted by atomic mass is 9.97. The van der Waals surface area contributed by atoms with Gasteiger partial charge in [-0.2, -0.15) is 0 Å². The van der Waals surface area contributed by atoms with Crippen LogP contribution in [0.5, 0.6) is 0 Å². The molecule has 2 amide bonds. The Bertz CT molecular complexity index is 1290. The van der Waals surface area contributed by atoms with Gasteiger partial charge in [0.25, 0.3) is 0 Å². The van der Waals surface area contributed by atoms with Crippen LogP contribution >= 0.6 is 0 Å². The van der Waals surface area contributed by atoms with Crippen molar-refractivity contribution < 1.29 is 14.3 Å². The van der Waals surface area contributed by atoms with Gasteiger partial charge in [0, 0.05) is 6.54 Å². The second kappa shape index (κ2) is 13.5. The minimum Gasteiger partial charge on any atom is -0.453 e. The number of aromatic amines is 1. The summed E-state index contributed by atoms with van der Waals surface area (Å²) in [4.78, 5) is 35.1. The number of nitrogens with one attached hydrogen (secondary N) is 2. The summed E-state index contributed by atoms with van der Waals surface area (Å²) in [6.45, 7) is 11.0. The molecule has 212 valence electrons. The number of H-pyrrole nitrogens is 1. The molecule has 2 unspecified atom stereocenters. The molecule has 7 heteroatoms. The number of benzene rings is 2. The van der Waals surface area contributed by atoms with E-state index in [1.165, 1.54) is 23.8 Å². The van der Waals surface area contributed by atoms with Gasteiger partial charge >= 0.3 is 6.09 Å². The molecule has 4 rings (SSSR count). The molecule has 2 aromatic carbocycles. The number of hydrogen-bond acceptors (Lipinski definition) is 4. The maximum atomic E-state index is 13.4. The minimum atomic E-state index is -0.647. The predicted octanol–water partition coefficient (Wildman–Crippen LogP) is 6.72. The van der Waals surface area contributed by atoms with E-state index in [-0.39, 0.29) is 17.9 Å². The largest absolute Gasteiger partial charge is 0.453 e. The van der Waals surface area contributed by atoms with Gasteiger partial charge in [0.1, 0.15) is 11.9 Å². The lowest BCUT2D eigenvalue weighted by molar-refractivity contribution is -0.135. The number of amides is 2. The van der Waals surface area contributed by atoms with Crippen LogP contribution in [-0.2, 0) is 22.4 Å². The maximum absolute atomic E-state index is 13.4. The average molecular weight is 543 g/mol. The van der Waals surface area contributed by atoms with Gasteiger partial charge in [-0.25, -0.2) is 9.78 Å². The van der Waals surface area contributed by atoms with Gasteiger partial charge in [-0.3, -0.25) is 4.79 Å². The molecular weight excluding hydrogens is 500 g/mol. The van der Waals surface area contributed by atoms with Crippen molar-refractivity contribution in [3.8, 4) is 11.3 Å². The lowest BCUT2D eigenvalue weighted by Crippen LogP contribution is -2.51. The van der Waals surface area contributed by atoms with Crippen LogP contribution in [0.1, 0.15) is 75.0 Å². The van der Waals surface area contributed by atoms with Crippen LogP contribution in [0.3, 0.4) is 0 Å². The summed E-state index contributed by atoms with van der Waals surface area (Å²) in [5.74, 6) is 0.595. The van der Waals surface area contributed by atoms with Crippen LogP contribution in [0.15, 0.2) is 61.3 Å². The van der Waals surface area contributed by atoms with Crippen molar-refractivity contribution in [1.82, 2.24) is 20.2 Å². The molecule has 2 N–H and O–H groups in total. The number of nitrogens with zero attached hydrogens (tertiary/aromatic N) is 2. The van der Waals surface area contributed by atoms with Crippen LogP contribution in [0.2, 0.25) is 0 Å². The highest BCUT2D eigenvalue weighted by atomic mass is 16.5. The fourth-order valence-electron chi connectivity index (χ4n) is 5.33. The first-order valence-electron chi connectivity index (χ1n) is 14.4. The Morgan fingerprint density at radius 3 is 2.42 bits per heavy atom. The number of rotatable bonds is 11. The molecule has 1 aliphatic heterocycles. The molecule has 0 saturated carbocycles. The third-order valence-corrected chi connectivity index (χ3v) is 7.72. The van der Waals surface area contributed by atoms with Crippen molar-refractivity contribution >= 4 is 17.6 Å². The van der Waals surface area contributed by atoms with Crippen LogP contribution in [-0.4, -0.2) is 46.6 Å². The van der Waals surface area contributed by atoms with Crippen molar-refractivity contribution in [2.24, 2.45) is 5.92 Å². The van der Waals surface area contributed by atoms with E-state index >= 15 is 0 Å². The Hall–Kier alpha value is -3.87. The topological polar surface area (TPSA) is 87.3 Å². The number of carbonyl (C=O) groups is 2. The SMILES string of the molecule is C=C(CCc1ccc(-c2cnc(C3CCCN3C(=O)C(NC(=O)OC)C(C)C)[nH]2)cc1)c1ccc(CCC)cc1. The molecule has 1 saturated heterocycles. The zero-order chi connectivity index (χ0) is 28.6. The summed E-state index contributed by atoms with van der Waals surface area (Å²) in [7, 11) is 1.30. The summed E-state index contributed by atoms with van der Waals surface area (Å²) < 4.78 is 4.73. The third-order valence-electron chi connectivity index (χ3n) is 7.72. The second-order valence-electron chi connectivity index (χ2n) is 11.0. The van der Waals surface area contributed by atoms with E-state index < -0.39 is 12.1 Å². The molecule has 0 bridgehead atoms. The summed E-state index contributed by atoms with van der Waals surface area (Å²) >= 11 is 0. The van der Waals surface area contributed by atoms with E-state index in [4.69, 9.17) is 4.74 Å². The van der Waals surface area contributed by atoms with Gasteiger partial charge in [-0.15, -0.1) is 0 Å². The van der Waals surface area contributed by atoms with E-state index in [1.54, 1.807) is 0 Å². The highest BCUT2D eigenvalue weighted by Crippen LogP contribution is 2.33. The lowest BCUT2D eigenvalue weighted by Gasteiger charge is -2.30. The number of carbonyl (C=O) groups excluding carboxylic acids is 2. The molecule has 0 radical (unpaired) electrons. The molecule has 2 atom stereocenters. The normalized spacial score (nSPS) is 15.7. The highest BCUT2D eigenvalue weighted by molar-refractivity contribution is 5.86. The van der Waals surface area contributed by atoms with E-state index in [0.29, 0.717) is 6.54 Å². The van der Waals surface area contributed by atoms with Gasteiger partial charge < -0.3 is 19.9 Å². The smallest absolute Gasteiger partial charge is 0.407 e. The Kier molecular flexibility index (Phi) is 9.80. The number of allylic oxidation sites excluding steroid dienone is 1. The van der Waals surface area contributed by atoms with Gasteiger partial charge in [0.2, 0.25) is 5.91 Å². The number of ether oxygens (including phenoxy) is 1. The fourth-order valence-corrected chi connectivity index (χ4v) is 5.33. The molecular formula is C33H42N4O3. The molecule has 7 nitrogen and oxygen atoms in total. The molecule has 1 fully saturated rings. The molecule has 1 aliphatic rings. The fraction of sp³-hybridized carbons (Fsp3) is 0.424. The second-order valence-corrected chi connectivity index (χ2v) is 11.0. The molecule has 40 heavy (non-hydrogen) atoms. The van der Waals surface area contributed by atoms with Crippen LogP contribution in [0.25, 0.3) is 16.8 Å². The van der Waals surface area contributed by atoms with E-state index in [9.17, 15) is 9.59 Å². The Morgan fingerprint density at radius 1 is 1.10 bits per heavy atom. The average Bonchev–Trinajstić information content (AvgIpc) is 3.65. The van der Waals surface area contributed by atoms with Gasteiger partial charge in [0.15, 0.2) is 0 Å². The Balaban J connectivity index is 1.38. The Morgan fingerprint density at radius 2 is 1.77 bits per heavy atom. The number of likely N-dealkylation sites (tertiary alicyclic amines) is 1. The van der Waals surface area contributed by atoms with Crippen molar-refractivity contribution in [3.05, 3.63) is 83.8 Å². The van der Waals surface area contributed by atoms with Crippen LogP contribution < -0.4 is 5.32 Å². The summed E-state index contributed by atoms with van der Waals surface area (Å²) in [5.41, 5.74) is 6.97. The monoisotopic (exact) mass is 542 g/mol. The van der Waals surface area contributed by atoms with Crippen LogP contribution in [0, 0.1) is 5.92 Å². The maximum Gasteiger partial charge on any atom is 0.407 e. The number of aryl methyl sites for hydroxylation is 2. The standard InChI is InChI=1S/C33H42N4O3/c1-6-8-24-12-16-26(17-13-24)23(4)10-11-25-14-18-27(19-15-25)28-21-34-31(35-28)29-9-7-20-37(29)32(38)30(22(2)3)36-33(39)40-5/h12-19,21-22,29-30H,4,6-11,20H2,1-3,5H3,(H,34,35)(H,36,39). The zero-order valence-corrected chi connectivity index (χ0v) is 24.2. The van der Waals surface area contributed by atoms with Crippen LogP contribution in [0.4, 0.5) is 4.79 Å². The zero-order valence-electron chi connectivity index (χ0n) is 24.2. The van der Waals surface area contributed by atoms with E-state index in [0.717, 1.165) is 61.2 Å². The quantitative estimate of drug-likeness (QED) is 0.282. The molecule has 1 aromatic heterocycles. The summed E-state index contributed by atoms with van der Waals surface area (Å²) in [6, 6.07) is 16.5. The van der Waals surface area contributed by atoms with Crippen molar-refractivity contribution in [1.29, 1.82) is 0 Å². The number of aromatic nitrogens is 2. The summed E-state index contributed by atoms with van der Waals surface area (Å²) in [5, 5.41) is 2.70. The molecule has 3 aromatic rings.